The van der Waals surface area contributed by atoms with Crippen LogP contribution in [0.15, 0.2) is 23.3 Å². The summed E-state index contributed by atoms with van der Waals surface area (Å²) in [6.45, 7) is 7.71. The molecule has 2 heterocycles. The Kier molecular flexibility index (Phi) is 4.69. The van der Waals surface area contributed by atoms with Gasteiger partial charge in [0, 0.05) is 31.2 Å². The van der Waals surface area contributed by atoms with E-state index in [0.717, 1.165) is 13.1 Å². The van der Waals surface area contributed by atoms with Crippen molar-refractivity contribution in [2.45, 2.75) is 19.4 Å². The second-order valence-electron chi connectivity index (χ2n) is 6.64. The molecule has 0 spiro atoms. The summed E-state index contributed by atoms with van der Waals surface area (Å²) in [6, 6.07) is 2.82. The molecule has 0 unspecified atom stereocenters. The van der Waals surface area contributed by atoms with Crippen LogP contribution in [-0.2, 0) is 4.74 Å². The highest BCUT2D eigenvalue weighted by atomic mass is 16.6. The standard InChI is InChI=1S/C16H21N5O4/c1-16(2,20-3-5-25-6-4-20)9-17-13-8-12-11(7-14(13)21(23)24)15(22)19-10-18-12/h7-8,10,17H,3-6,9H2,1-2H3,(H,18,19,22). The number of ether oxygens (including phenoxy) is 1. The number of morpholine rings is 1. The highest BCUT2D eigenvalue weighted by Gasteiger charge is 2.29. The zero-order valence-corrected chi connectivity index (χ0v) is 14.2. The van der Waals surface area contributed by atoms with E-state index in [2.05, 4.69) is 34.0 Å². The Morgan fingerprint density at radius 2 is 2.12 bits per heavy atom. The largest absolute Gasteiger partial charge is 0.379 e. The Bertz CT molecular complexity index is 842. The Hall–Kier alpha value is -2.52. The van der Waals surface area contributed by atoms with Gasteiger partial charge in [-0.2, -0.15) is 0 Å². The van der Waals surface area contributed by atoms with Gasteiger partial charge in [-0.1, -0.05) is 0 Å². The van der Waals surface area contributed by atoms with Gasteiger partial charge in [-0.05, 0) is 19.9 Å². The molecule has 1 saturated heterocycles. The normalized spacial score (nSPS) is 16.1. The number of hydrogen-bond acceptors (Lipinski definition) is 7. The molecular weight excluding hydrogens is 326 g/mol. The Labute approximate surface area is 144 Å². The summed E-state index contributed by atoms with van der Waals surface area (Å²) in [5, 5.41) is 14.8. The predicted octanol–water partition coefficient (Wildman–Crippen LogP) is 1.35. The van der Waals surface area contributed by atoms with E-state index >= 15 is 0 Å². The number of nitrogens with one attached hydrogen (secondary N) is 2. The fourth-order valence-electron chi connectivity index (χ4n) is 2.99. The number of anilines is 1. The number of H-pyrrole nitrogens is 1. The first-order chi connectivity index (χ1) is 11.9. The first kappa shape index (κ1) is 17.3. The van der Waals surface area contributed by atoms with Gasteiger partial charge in [-0.3, -0.25) is 19.8 Å². The van der Waals surface area contributed by atoms with Gasteiger partial charge in [-0.25, -0.2) is 4.98 Å². The van der Waals surface area contributed by atoms with Crippen molar-refractivity contribution in [2.75, 3.05) is 38.2 Å². The van der Waals surface area contributed by atoms with Gasteiger partial charge in [0.25, 0.3) is 11.2 Å². The quantitative estimate of drug-likeness (QED) is 0.620. The van der Waals surface area contributed by atoms with Crippen molar-refractivity contribution in [2.24, 2.45) is 0 Å². The van der Waals surface area contributed by atoms with Gasteiger partial charge in [0.15, 0.2) is 0 Å². The van der Waals surface area contributed by atoms with E-state index in [9.17, 15) is 14.9 Å². The van der Waals surface area contributed by atoms with Crippen molar-refractivity contribution in [3.8, 4) is 0 Å². The van der Waals surface area contributed by atoms with Gasteiger partial charge in [0.05, 0.1) is 35.4 Å². The molecule has 2 aromatic rings. The summed E-state index contributed by atoms with van der Waals surface area (Å²) in [6.07, 6.45) is 1.29. The van der Waals surface area contributed by atoms with Crippen molar-refractivity contribution in [1.82, 2.24) is 14.9 Å². The minimum atomic E-state index is -0.490. The molecular formula is C16H21N5O4. The second-order valence-corrected chi connectivity index (χ2v) is 6.64. The summed E-state index contributed by atoms with van der Waals surface area (Å²) in [5.41, 5.74) is 0.0452. The van der Waals surface area contributed by atoms with Gasteiger partial charge in [0.1, 0.15) is 5.69 Å². The third kappa shape index (κ3) is 3.62. The fraction of sp³-hybridized carbons (Fsp3) is 0.500. The van der Waals surface area contributed by atoms with Gasteiger partial charge in [-0.15, -0.1) is 0 Å². The molecule has 134 valence electrons. The van der Waals surface area contributed by atoms with Crippen LogP contribution in [0.2, 0.25) is 0 Å². The summed E-state index contributed by atoms with van der Waals surface area (Å²) in [7, 11) is 0. The topological polar surface area (TPSA) is 113 Å². The monoisotopic (exact) mass is 347 g/mol. The van der Waals surface area contributed by atoms with E-state index < -0.39 is 10.5 Å². The zero-order valence-electron chi connectivity index (χ0n) is 14.2. The van der Waals surface area contributed by atoms with E-state index in [0.29, 0.717) is 31.0 Å². The average molecular weight is 347 g/mol. The summed E-state index contributed by atoms with van der Waals surface area (Å²) >= 11 is 0. The highest BCUT2D eigenvalue weighted by Crippen LogP contribution is 2.29. The molecule has 0 aliphatic carbocycles. The number of hydrogen-bond donors (Lipinski definition) is 2. The Morgan fingerprint density at radius 3 is 2.80 bits per heavy atom. The molecule has 1 aromatic carbocycles. The Morgan fingerprint density at radius 1 is 1.40 bits per heavy atom. The molecule has 0 atom stereocenters. The minimum Gasteiger partial charge on any atom is -0.379 e. The maximum atomic E-state index is 11.8. The number of aromatic amines is 1. The first-order valence-electron chi connectivity index (χ1n) is 8.11. The summed E-state index contributed by atoms with van der Waals surface area (Å²) in [4.78, 5) is 31.6. The maximum Gasteiger partial charge on any atom is 0.293 e. The summed E-state index contributed by atoms with van der Waals surface area (Å²) in [5.74, 6) is 0. The molecule has 9 nitrogen and oxygen atoms in total. The molecule has 0 bridgehead atoms. The molecule has 0 saturated carbocycles. The molecule has 9 heteroatoms. The zero-order chi connectivity index (χ0) is 18.0. The summed E-state index contributed by atoms with van der Waals surface area (Å²) < 4.78 is 5.38. The van der Waals surface area contributed by atoms with Crippen molar-refractivity contribution >= 4 is 22.3 Å². The van der Waals surface area contributed by atoms with Crippen LogP contribution in [0.1, 0.15) is 13.8 Å². The van der Waals surface area contributed by atoms with Crippen LogP contribution in [0.3, 0.4) is 0 Å². The Balaban J connectivity index is 1.88. The number of aromatic nitrogens is 2. The van der Waals surface area contributed by atoms with E-state index in [-0.39, 0.29) is 16.6 Å². The fourth-order valence-corrected chi connectivity index (χ4v) is 2.99. The number of nitro groups is 1. The van der Waals surface area contributed by atoms with Gasteiger partial charge in [0.2, 0.25) is 0 Å². The van der Waals surface area contributed by atoms with Crippen LogP contribution in [0.4, 0.5) is 11.4 Å². The number of benzene rings is 1. The lowest BCUT2D eigenvalue weighted by atomic mass is 10.0. The lowest BCUT2D eigenvalue weighted by Gasteiger charge is -2.41. The van der Waals surface area contributed by atoms with E-state index in [1.54, 1.807) is 6.07 Å². The van der Waals surface area contributed by atoms with Crippen LogP contribution in [0.25, 0.3) is 10.9 Å². The van der Waals surface area contributed by atoms with Crippen LogP contribution >= 0.6 is 0 Å². The van der Waals surface area contributed by atoms with E-state index in [1.165, 1.54) is 12.4 Å². The predicted molar refractivity (Wildman–Crippen MR) is 94.0 cm³/mol. The van der Waals surface area contributed by atoms with Crippen LogP contribution in [-0.4, -0.2) is 58.2 Å². The van der Waals surface area contributed by atoms with Crippen molar-refractivity contribution in [3.63, 3.8) is 0 Å². The minimum absolute atomic E-state index is 0.135. The van der Waals surface area contributed by atoms with E-state index in [4.69, 9.17) is 4.74 Å². The number of nitro benzene ring substituents is 1. The smallest absolute Gasteiger partial charge is 0.293 e. The van der Waals surface area contributed by atoms with Crippen molar-refractivity contribution in [3.05, 3.63) is 38.9 Å². The molecule has 0 amide bonds. The van der Waals surface area contributed by atoms with E-state index in [1.807, 2.05) is 0 Å². The molecule has 3 rings (SSSR count). The van der Waals surface area contributed by atoms with Crippen molar-refractivity contribution in [1.29, 1.82) is 0 Å². The molecule has 25 heavy (non-hydrogen) atoms. The molecule has 1 aromatic heterocycles. The molecule has 1 aliphatic heterocycles. The second kappa shape index (κ2) is 6.77. The maximum absolute atomic E-state index is 11.8. The number of rotatable bonds is 5. The molecule has 0 radical (unpaired) electrons. The number of fused-ring (bicyclic) bond motifs is 1. The molecule has 1 aliphatic rings. The van der Waals surface area contributed by atoms with Gasteiger partial charge < -0.3 is 15.0 Å². The lowest BCUT2D eigenvalue weighted by molar-refractivity contribution is -0.383. The average Bonchev–Trinajstić information content (AvgIpc) is 2.60. The third-order valence-corrected chi connectivity index (χ3v) is 4.53. The number of nitrogens with zero attached hydrogens (tertiary/aromatic N) is 3. The lowest BCUT2D eigenvalue weighted by Crippen LogP contribution is -2.53. The SMILES string of the molecule is CC(C)(CNc1cc2nc[nH]c(=O)c2cc1[N+](=O)[O-])N1CCOCC1. The molecule has 2 N–H and O–H groups in total. The van der Waals surface area contributed by atoms with Crippen LogP contribution in [0, 0.1) is 10.1 Å². The third-order valence-electron chi connectivity index (χ3n) is 4.53. The first-order valence-corrected chi connectivity index (χ1v) is 8.11. The van der Waals surface area contributed by atoms with Crippen LogP contribution < -0.4 is 10.9 Å². The van der Waals surface area contributed by atoms with Crippen LogP contribution in [0.5, 0.6) is 0 Å². The van der Waals surface area contributed by atoms with Gasteiger partial charge >= 0.3 is 0 Å². The molecule has 1 fully saturated rings. The van der Waals surface area contributed by atoms with Crippen molar-refractivity contribution < 1.29 is 9.66 Å². The highest BCUT2D eigenvalue weighted by molar-refractivity contribution is 5.86.